The summed E-state index contributed by atoms with van der Waals surface area (Å²) in [5.74, 6) is 1.31. The van der Waals surface area contributed by atoms with Gasteiger partial charge in [-0.3, -0.25) is 0 Å². The van der Waals surface area contributed by atoms with E-state index in [1.807, 2.05) is 24.3 Å². The van der Waals surface area contributed by atoms with Crippen LogP contribution in [0.15, 0.2) is 28.7 Å². The molecule has 0 saturated carbocycles. The molecule has 1 saturated heterocycles. The summed E-state index contributed by atoms with van der Waals surface area (Å²) in [6.45, 7) is 3.25. The first-order valence-electron chi connectivity index (χ1n) is 7.73. The van der Waals surface area contributed by atoms with Crippen LogP contribution in [-0.2, 0) is 6.54 Å². The van der Waals surface area contributed by atoms with Crippen LogP contribution in [0.2, 0.25) is 5.02 Å². The second-order valence-corrected chi connectivity index (χ2v) is 6.14. The van der Waals surface area contributed by atoms with Crippen molar-refractivity contribution in [2.75, 3.05) is 13.1 Å². The van der Waals surface area contributed by atoms with Gasteiger partial charge in [0.1, 0.15) is 0 Å². The van der Waals surface area contributed by atoms with E-state index in [1.54, 1.807) is 4.90 Å². The number of nitrogens with zero attached hydrogens (tertiary/aromatic N) is 2. The number of likely N-dealkylation sites (tertiary alicyclic amines) is 1. The minimum atomic E-state index is 0.577. The third-order valence-corrected chi connectivity index (χ3v) is 4.27. The third kappa shape index (κ3) is 4.05. The van der Waals surface area contributed by atoms with Crippen LogP contribution in [0, 0.1) is 0 Å². The van der Waals surface area contributed by atoms with Gasteiger partial charge >= 0.3 is 0 Å². The fourth-order valence-electron chi connectivity index (χ4n) is 2.83. The number of hydrogen-bond acceptors (Lipinski definition) is 3. The van der Waals surface area contributed by atoms with Crippen LogP contribution in [-0.4, -0.2) is 23.3 Å². The topological polar surface area (TPSA) is 43.4 Å². The van der Waals surface area contributed by atoms with Crippen molar-refractivity contribution in [3.05, 3.63) is 35.2 Å². The van der Waals surface area contributed by atoms with Crippen molar-refractivity contribution in [3.63, 3.8) is 0 Å². The Bertz CT molecular complexity index is 559. The number of quaternary nitrogens is 1. The number of aromatic nitrogens is 2. The van der Waals surface area contributed by atoms with Gasteiger partial charge in [-0.15, -0.1) is 10.2 Å². The van der Waals surface area contributed by atoms with Crippen LogP contribution in [0.3, 0.4) is 0 Å². The minimum Gasteiger partial charge on any atom is -0.415 e. The van der Waals surface area contributed by atoms with Crippen LogP contribution in [0.25, 0.3) is 11.5 Å². The molecule has 1 aliphatic rings. The van der Waals surface area contributed by atoms with Crippen LogP contribution < -0.4 is 4.90 Å². The summed E-state index contributed by atoms with van der Waals surface area (Å²) in [6, 6.07) is 7.49. The van der Waals surface area contributed by atoms with Crippen molar-refractivity contribution in [3.8, 4) is 11.5 Å². The zero-order valence-corrected chi connectivity index (χ0v) is 12.9. The van der Waals surface area contributed by atoms with Gasteiger partial charge < -0.3 is 9.32 Å². The smallest absolute Gasteiger partial charge is 0.271 e. The van der Waals surface area contributed by atoms with E-state index in [0.717, 1.165) is 18.0 Å². The van der Waals surface area contributed by atoms with E-state index in [9.17, 15) is 0 Å². The molecule has 0 unspecified atom stereocenters. The lowest BCUT2D eigenvalue weighted by Gasteiger charge is -2.19. The summed E-state index contributed by atoms with van der Waals surface area (Å²) in [7, 11) is 0. The molecule has 3 rings (SSSR count). The molecule has 0 spiro atoms. The maximum atomic E-state index is 5.89. The van der Waals surface area contributed by atoms with E-state index in [2.05, 4.69) is 10.2 Å². The molecule has 0 atom stereocenters. The summed E-state index contributed by atoms with van der Waals surface area (Å²) >= 11 is 5.89. The highest BCUT2D eigenvalue weighted by Gasteiger charge is 2.16. The molecule has 2 heterocycles. The SMILES string of the molecule is Clc1ccc(-c2nnc(C[NH+]3CCCCCCC3)o2)cc1. The van der Waals surface area contributed by atoms with E-state index in [0.29, 0.717) is 10.9 Å². The van der Waals surface area contributed by atoms with Crippen LogP contribution >= 0.6 is 11.6 Å². The lowest BCUT2D eigenvalue weighted by atomic mass is 10.1. The Labute approximate surface area is 130 Å². The van der Waals surface area contributed by atoms with Crippen LogP contribution in [0.5, 0.6) is 0 Å². The zero-order chi connectivity index (χ0) is 14.5. The maximum Gasteiger partial charge on any atom is 0.271 e. The van der Waals surface area contributed by atoms with Gasteiger partial charge in [-0.05, 0) is 49.9 Å². The molecule has 1 aliphatic heterocycles. The van der Waals surface area contributed by atoms with Gasteiger partial charge in [-0.2, -0.15) is 0 Å². The molecule has 1 aromatic heterocycles. The Morgan fingerprint density at radius 3 is 2.33 bits per heavy atom. The second kappa shape index (κ2) is 7.05. The normalized spacial score (nSPS) is 17.4. The van der Waals surface area contributed by atoms with E-state index in [4.69, 9.17) is 16.0 Å². The Morgan fingerprint density at radius 1 is 0.952 bits per heavy atom. The van der Waals surface area contributed by atoms with Gasteiger partial charge in [-0.1, -0.05) is 18.0 Å². The quantitative estimate of drug-likeness (QED) is 0.948. The lowest BCUT2D eigenvalue weighted by Crippen LogP contribution is -3.10. The highest BCUT2D eigenvalue weighted by Crippen LogP contribution is 2.19. The standard InChI is InChI=1S/C16H20ClN3O/c17-14-8-6-13(7-9-14)16-19-18-15(21-16)12-20-10-4-2-1-3-5-11-20/h6-9H,1-5,10-12H2/p+1. The first-order chi connectivity index (χ1) is 10.3. The van der Waals surface area contributed by atoms with E-state index in [-0.39, 0.29) is 0 Å². The predicted molar refractivity (Wildman–Crippen MR) is 82.2 cm³/mol. The zero-order valence-electron chi connectivity index (χ0n) is 12.1. The maximum absolute atomic E-state index is 5.89. The molecule has 1 aromatic carbocycles. The molecule has 21 heavy (non-hydrogen) atoms. The molecule has 0 bridgehead atoms. The molecule has 0 amide bonds. The second-order valence-electron chi connectivity index (χ2n) is 5.70. The third-order valence-electron chi connectivity index (χ3n) is 4.02. The van der Waals surface area contributed by atoms with Gasteiger partial charge in [0.05, 0.1) is 13.1 Å². The number of benzene rings is 1. The fourth-order valence-corrected chi connectivity index (χ4v) is 2.96. The highest BCUT2D eigenvalue weighted by atomic mass is 35.5. The molecule has 1 N–H and O–H groups in total. The lowest BCUT2D eigenvalue weighted by molar-refractivity contribution is -0.916. The van der Waals surface area contributed by atoms with Crippen LogP contribution in [0.1, 0.15) is 38.0 Å². The molecule has 5 heteroatoms. The average Bonchev–Trinajstić information content (AvgIpc) is 2.91. The summed E-state index contributed by atoms with van der Waals surface area (Å²) < 4.78 is 5.80. The Morgan fingerprint density at radius 2 is 1.62 bits per heavy atom. The van der Waals surface area contributed by atoms with E-state index < -0.39 is 0 Å². The van der Waals surface area contributed by atoms with Gasteiger partial charge in [0.25, 0.3) is 5.89 Å². The summed E-state index contributed by atoms with van der Waals surface area (Å²) in [6.07, 6.45) is 6.68. The fraction of sp³-hybridized carbons (Fsp3) is 0.500. The van der Waals surface area contributed by atoms with Gasteiger partial charge in [0.2, 0.25) is 5.89 Å². The predicted octanol–water partition coefficient (Wildman–Crippen LogP) is 2.74. The number of hydrogen-bond donors (Lipinski definition) is 1. The van der Waals surface area contributed by atoms with Crippen molar-refractivity contribution < 1.29 is 9.32 Å². The van der Waals surface area contributed by atoms with E-state index >= 15 is 0 Å². The monoisotopic (exact) mass is 306 g/mol. The molecule has 2 aromatic rings. The van der Waals surface area contributed by atoms with Crippen molar-refractivity contribution in [1.82, 2.24) is 10.2 Å². The molecule has 4 nitrogen and oxygen atoms in total. The van der Waals surface area contributed by atoms with Gasteiger partial charge in [-0.25, -0.2) is 0 Å². The molecular formula is C16H21ClN3O+. The molecular weight excluding hydrogens is 286 g/mol. The summed E-state index contributed by atoms with van der Waals surface area (Å²) in [5, 5.41) is 9.05. The summed E-state index contributed by atoms with van der Waals surface area (Å²) in [5.41, 5.74) is 0.917. The van der Waals surface area contributed by atoms with Crippen molar-refractivity contribution in [2.45, 2.75) is 38.6 Å². The van der Waals surface area contributed by atoms with Crippen molar-refractivity contribution in [1.29, 1.82) is 0 Å². The van der Waals surface area contributed by atoms with Crippen molar-refractivity contribution in [2.24, 2.45) is 0 Å². The number of nitrogens with one attached hydrogen (secondary N) is 1. The first kappa shape index (κ1) is 14.5. The van der Waals surface area contributed by atoms with Gasteiger partial charge in [0.15, 0.2) is 6.54 Å². The van der Waals surface area contributed by atoms with Crippen molar-refractivity contribution >= 4 is 11.6 Å². The first-order valence-corrected chi connectivity index (χ1v) is 8.11. The molecule has 1 fully saturated rings. The van der Waals surface area contributed by atoms with E-state index in [1.165, 1.54) is 45.2 Å². The molecule has 0 radical (unpaired) electrons. The Hall–Kier alpha value is -1.39. The number of rotatable bonds is 3. The minimum absolute atomic E-state index is 0.577. The Balaban J connectivity index is 1.65. The van der Waals surface area contributed by atoms with Gasteiger partial charge in [0, 0.05) is 10.6 Å². The van der Waals surface area contributed by atoms with Crippen LogP contribution in [0.4, 0.5) is 0 Å². The largest absolute Gasteiger partial charge is 0.415 e. The summed E-state index contributed by atoms with van der Waals surface area (Å²) in [4.78, 5) is 1.56. The Kier molecular flexibility index (Phi) is 4.88. The highest BCUT2D eigenvalue weighted by molar-refractivity contribution is 6.30. The molecule has 112 valence electrons. The molecule has 0 aliphatic carbocycles. The number of halogens is 1. The average molecular weight is 307 g/mol.